The van der Waals surface area contributed by atoms with E-state index in [0.717, 1.165) is 27.9 Å². The third-order valence-corrected chi connectivity index (χ3v) is 6.17. The highest BCUT2D eigenvalue weighted by molar-refractivity contribution is 7.04. The topological polar surface area (TPSA) is 124 Å². The summed E-state index contributed by atoms with van der Waals surface area (Å²) >= 11 is 1.31. The molecule has 2 N–H and O–H groups in total. The van der Waals surface area contributed by atoms with Crippen LogP contribution in [0, 0.1) is 6.92 Å². The molecule has 0 bridgehead atoms. The first-order chi connectivity index (χ1) is 17.3. The van der Waals surface area contributed by atoms with Gasteiger partial charge in [-0.3, -0.25) is 14.4 Å². The predicted molar refractivity (Wildman–Crippen MR) is 137 cm³/mol. The van der Waals surface area contributed by atoms with Crippen molar-refractivity contribution in [3.63, 3.8) is 0 Å². The van der Waals surface area contributed by atoms with Crippen LogP contribution in [0.1, 0.15) is 31.2 Å². The van der Waals surface area contributed by atoms with Crippen molar-refractivity contribution in [1.29, 1.82) is 0 Å². The molecule has 0 fully saturated rings. The molecule has 0 spiro atoms. The lowest BCUT2D eigenvalue weighted by Gasteiger charge is -2.14. The first kappa shape index (κ1) is 26.7. The fourth-order valence-electron chi connectivity index (χ4n) is 3.75. The fraction of sp³-hybridized carbons (Fsp3) is 0.308. The van der Waals surface area contributed by atoms with Crippen LogP contribution in [0.5, 0.6) is 17.2 Å². The smallest absolute Gasteiger partial charge is 0.303 e. The number of nitrogens with zero attached hydrogens (tertiary/aromatic N) is 1. The monoisotopic (exact) mass is 512 g/mol. The normalized spacial score (nSPS) is 10.6. The summed E-state index contributed by atoms with van der Waals surface area (Å²) < 4.78 is 20.9. The summed E-state index contributed by atoms with van der Waals surface area (Å²) in [6, 6.07) is 9.28. The molecule has 1 aromatic heterocycles. The Bertz CT molecular complexity index is 1270. The largest absolute Gasteiger partial charge is 0.495 e. The number of carboxylic acids is 1. The van der Waals surface area contributed by atoms with E-state index in [9.17, 15) is 14.4 Å². The number of aryl methyl sites for hydroxylation is 1. The summed E-state index contributed by atoms with van der Waals surface area (Å²) in [5.41, 5.74) is 4.68. The number of rotatable bonds is 12. The molecule has 0 radical (unpaired) electrons. The Morgan fingerprint density at radius 1 is 0.917 bits per heavy atom. The first-order valence-electron chi connectivity index (χ1n) is 11.2. The number of nitrogens with one attached hydrogen (secondary N) is 1. The van der Waals surface area contributed by atoms with E-state index in [4.69, 9.17) is 19.3 Å². The molecule has 0 saturated carbocycles. The molecule has 190 valence electrons. The van der Waals surface area contributed by atoms with Crippen LogP contribution in [-0.4, -0.2) is 48.5 Å². The molecule has 36 heavy (non-hydrogen) atoms. The number of methoxy groups -OCH3 is 3. The average molecular weight is 513 g/mol. The number of aliphatic carboxylic acids is 1. The summed E-state index contributed by atoms with van der Waals surface area (Å²) in [6.45, 7) is 1.93. The van der Waals surface area contributed by atoms with Gasteiger partial charge < -0.3 is 24.6 Å². The van der Waals surface area contributed by atoms with E-state index in [2.05, 4.69) is 9.69 Å². The Balaban J connectivity index is 1.85. The SMILES string of the molecule is COc1ccc(-c2csnc2-c2cc(C)c(OC)c(OC)c2)cc1NC(=O)CCC(=O)CCC(=O)O. The minimum Gasteiger partial charge on any atom is -0.495 e. The third-order valence-electron chi connectivity index (χ3n) is 5.54. The number of carbonyl (C=O) groups is 3. The lowest BCUT2D eigenvalue weighted by molar-refractivity contribution is -0.138. The quantitative estimate of drug-likeness (QED) is 0.349. The van der Waals surface area contributed by atoms with Gasteiger partial charge >= 0.3 is 5.97 Å². The van der Waals surface area contributed by atoms with Gasteiger partial charge in [-0.05, 0) is 53.8 Å². The van der Waals surface area contributed by atoms with Crippen LogP contribution in [0.15, 0.2) is 35.7 Å². The summed E-state index contributed by atoms with van der Waals surface area (Å²) in [7, 11) is 4.68. The molecule has 3 aromatic rings. The predicted octanol–water partition coefficient (Wildman–Crippen LogP) is 4.96. The van der Waals surface area contributed by atoms with Crippen molar-refractivity contribution in [3.05, 3.63) is 41.3 Å². The van der Waals surface area contributed by atoms with Gasteiger partial charge in [0.05, 0.1) is 39.1 Å². The molecular weight excluding hydrogens is 484 g/mol. The van der Waals surface area contributed by atoms with E-state index in [1.54, 1.807) is 26.4 Å². The van der Waals surface area contributed by atoms with E-state index in [0.29, 0.717) is 22.9 Å². The second kappa shape index (κ2) is 12.2. The summed E-state index contributed by atoms with van der Waals surface area (Å²) in [4.78, 5) is 34.9. The van der Waals surface area contributed by atoms with Crippen molar-refractivity contribution < 1.29 is 33.7 Å². The zero-order valence-corrected chi connectivity index (χ0v) is 21.4. The molecule has 9 nitrogen and oxygen atoms in total. The van der Waals surface area contributed by atoms with Crippen molar-refractivity contribution in [1.82, 2.24) is 4.37 Å². The molecule has 0 saturated heterocycles. The molecule has 0 aliphatic carbocycles. The molecule has 1 heterocycles. The molecule has 2 aromatic carbocycles. The van der Waals surface area contributed by atoms with Gasteiger partial charge in [-0.15, -0.1) is 0 Å². The van der Waals surface area contributed by atoms with Crippen molar-refractivity contribution >= 4 is 34.9 Å². The van der Waals surface area contributed by atoms with Gasteiger partial charge in [-0.2, -0.15) is 4.37 Å². The van der Waals surface area contributed by atoms with Gasteiger partial charge in [-0.25, -0.2) is 0 Å². The summed E-state index contributed by atoms with van der Waals surface area (Å²) in [6.07, 6.45) is -0.418. The first-order valence-corrected chi connectivity index (χ1v) is 12.0. The molecule has 0 atom stereocenters. The summed E-state index contributed by atoms with van der Waals surface area (Å²) in [5, 5.41) is 13.4. The Kier molecular flexibility index (Phi) is 9.02. The van der Waals surface area contributed by atoms with Crippen LogP contribution < -0.4 is 19.5 Å². The number of ether oxygens (including phenoxy) is 3. The van der Waals surface area contributed by atoms with Gasteiger partial charge in [0.15, 0.2) is 11.5 Å². The lowest BCUT2D eigenvalue weighted by atomic mass is 9.99. The number of amides is 1. The Hall–Kier alpha value is -3.92. The van der Waals surface area contributed by atoms with E-state index in [-0.39, 0.29) is 37.4 Å². The van der Waals surface area contributed by atoms with Crippen LogP contribution in [0.4, 0.5) is 5.69 Å². The Morgan fingerprint density at radius 2 is 1.64 bits per heavy atom. The maximum absolute atomic E-state index is 12.5. The maximum Gasteiger partial charge on any atom is 0.303 e. The van der Waals surface area contributed by atoms with E-state index in [1.165, 1.54) is 18.6 Å². The number of hydrogen-bond donors (Lipinski definition) is 2. The van der Waals surface area contributed by atoms with Gasteiger partial charge in [0, 0.05) is 35.8 Å². The lowest BCUT2D eigenvalue weighted by Crippen LogP contribution is -2.14. The number of carboxylic acid groups (broad SMARTS) is 1. The number of benzene rings is 2. The minimum absolute atomic E-state index is 0.0294. The zero-order valence-electron chi connectivity index (χ0n) is 20.5. The number of hydrogen-bond acceptors (Lipinski definition) is 8. The summed E-state index contributed by atoms with van der Waals surface area (Å²) in [5.74, 6) is 0.0534. The standard InChI is InChI=1S/C26H28N2O7S/c1-15-11-17(13-22(34-3)26(15)35-4)25-19(14-36-28-25)16-5-8-21(33-2)20(12-16)27-23(30)9-6-18(29)7-10-24(31)32/h5,8,11-14H,6-7,9-10H2,1-4H3,(H,27,30)(H,31,32). The number of ketones is 1. The number of aromatic nitrogens is 1. The van der Waals surface area contributed by atoms with E-state index >= 15 is 0 Å². The van der Waals surface area contributed by atoms with Crippen molar-refractivity contribution in [3.8, 4) is 39.6 Å². The maximum atomic E-state index is 12.5. The third kappa shape index (κ3) is 6.39. The van der Waals surface area contributed by atoms with Crippen molar-refractivity contribution in [2.24, 2.45) is 0 Å². The molecule has 3 rings (SSSR count). The van der Waals surface area contributed by atoms with Crippen molar-refractivity contribution in [2.75, 3.05) is 26.6 Å². The molecule has 0 unspecified atom stereocenters. The highest BCUT2D eigenvalue weighted by Gasteiger charge is 2.18. The van der Waals surface area contributed by atoms with Gasteiger partial charge in [0.2, 0.25) is 5.91 Å². The van der Waals surface area contributed by atoms with E-state index in [1.807, 2.05) is 30.5 Å². The molecule has 0 aliphatic heterocycles. The second-order valence-corrected chi connectivity index (χ2v) is 8.63. The van der Waals surface area contributed by atoms with E-state index < -0.39 is 5.97 Å². The molecule has 1 amide bonds. The fourth-order valence-corrected chi connectivity index (χ4v) is 4.47. The van der Waals surface area contributed by atoms with Crippen LogP contribution in [0.2, 0.25) is 0 Å². The van der Waals surface area contributed by atoms with Crippen molar-refractivity contribution in [2.45, 2.75) is 32.6 Å². The number of Topliss-reactive ketones (excluding diaryl/α,β-unsaturated/α-hetero) is 1. The Labute approximate surface area is 213 Å². The molecule has 10 heteroatoms. The van der Waals surface area contributed by atoms with Crippen LogP contribution >= 0.6 is 11.5 Å². The highest BCUT2D eigenvalue weighted by atomic mass is 32.1. The molecule has 0 aliphatic rings. The van der Waals surface area contributed by atoms with Crippen LogP contribution in [0.3, 0.4) is 0 Å². The zero-order chi connectivity index (χ0) is 26.2. The molecular formula is C26H28N2O7S. The van der Waals surface area contributed by atoms with Gasteiger partial charge in [-0.1, -0.05) is 6.07 Å². The second-order valence-electron chi connectivity index (χ2n) is 8.00. The van der Waals surface area contributed by atoms with Crippen LogP contribution in [-0.2, 0) is 14.4 Å². The number of anilines is 1. The highest BCUT2D eigenvalue weighted by Crippen LogP contribution is 2.41. The van der Waals surface area contributed by atoms with Gasteiger partial charge in [0.1, 0.15) is 11.5 Å². The average Bonchev–Trinajstić information content (AvgIpc) is 3.35. The minimum atomic E-state index is -1.04. The van der Waals surface area contributed by atoms with Crippen LogP contribution in [0.25, 0.3) is 22.4 Å². The van der Waals surface area contributed by atoms with Gasteiger partial charge in [0.25, 0.3) is 0 Å². The number of carbonyl (C=O) groups excluding carboxylic acids is 2. The Morgan fingerprint density at radius 3 is 2.31 bits per heavy atom.